The summed E-state index contributed by atoms with van der Waals surface area (Å²) in [5.74, 6) is 0. The summed E-state index contributed by atoms with van der Waals surface area (Å²) in [4.78, 5) is 0. The second-order valence-corrected chi connectivity index (χ2v) is 6.41. The van der Waals surface area contributed by atoms with Gasteiger partial charge in [-0.3, -0.25) is 0 Å². The Kier molecular flexibility index (Phi) is 11.2. The molecule has 0 atom stereocenters. The Morgan fingerprint density at radius 1 is 0.645 bits per heavy atom. The van der Waals surface area contributed by atoms with E-state index in [1.807, 2.05) is 65.8 Å². The van der Waals surface area contributed by atoms with E-state index in [1.165, 1.54) is 32.1 Å². The third kappa shape index (κ3) is 5.58. The maximum absolute atomic E-state index is 5.65. The molecule has 0 aliphatic rings. The predicted molar refractivity (Wildman–Crippen MR) is 141 cm³/mol. The number of fused-ring (bicyclic) bond motifs is 2. The fraction of sp³-hybridized carbons (Fsp3) is 0.310. The van der Waals surface area contributed by atoms with E-state index in [4.69, 9.17) is 4.42 Å². The summed E-state index contributed by atoms with van der Waals surface area (Å²) in [5, 5.41) is 6.36. The van der Waals surface area contributed by atoms with E-state index in [1.54, 1.807) is 0 Å². The molecule has 0 fully saturated rings. The lowest BCUT2D eigenvalue weighted by molar-refractivity contribution is 0.575. The summed E-state index contributed by atoms with van der Waals surface area (Å²) in [6.45, 7) is 16.2. The van der Waals surface area contributed by atoms with Gasteiger partial charge in [-0.1, -0.05) is 82.3 Å². The molecule has 31 heavy (non-hydrogen) atoms. The Bertz CT molecular complexity index is 1320. The van der Waals surface area contributed by atoms with Crippen LogP contribution in [0.1, 0.15) is 55.4 Å². The topological polar surface area (TPSA) is 18.1 Å². The molecule has 2 aromatic heterocycles. The minimum atomic E-state index is 0.962. The van der Waals surface area contributed by atoms with E-state index in [9.17, 15) is 0 Å². The average Bonchev–Trinajstić information content (AvgIpc) is 3.36. The molecule has 0 saturated heterocycles. The summed E-state index contributed by atoms with van der Waals surface area (Å²) in [5.41, 5.74) is 3.22. The van der Waals surface area contributed by atoms with Crippen molar-refractivity contribution < 1.29 is 4.42 Å². The van der Waals surface area contributed by atoms with Gasteiger partial charge in [-0.15, -0.1) is 0 Å². The average molecular weight is 418 g/mol. The SMILES string of the molecule is C/C=c1\c(=C/C)n(C)c2ccccc12.C/C=c1\c(=C/C)oc2ccccc12.CC.CC. The Hall–Kier alpha value is -3.00. The molecule has 0 spiro atoms. The van der Waals surface area contributed by atoms with E-state index < -0.39 is 0 Å². The Balaban J connectivity index is 0.000000268. The van der Waals surface area contributed by atoms with Crippen molar-refractivity contribution in [3.8, 4) is 0 Å². The van der Waals surface area contributed by atoms with Crippen LogP contribution < -0.4 is 21.2 Å². The van der Waals surface area contributed by atoms with E-state index in [0.717, 1.165) is 11.0 Å². The van der Waals surface area contributed by atoms with Crippen LogP contribution >= 0.6 is 0 Å². The fourth-order valence-corrected chi connectivity index (χ4v) is 3.69. The number of nitrogens with zero attached hydrogens (tertiary/aromatic N) is 1. The lowest BCUT2D eigenvalue weighted by atomic mass is 10.2. The Morgan fingerprint density at radius 2 is 1.19 bits per heavy atom. The van der Waals surface area contributed by atoms with Gasteiger partial charge < -0.3 is 8.98 Å². The summed E-state index contributed by atoms with van der Waals surface area (Å²) in [7, 11) is 2.12. The van der Waals surface area contributed by atoms with Crippen LogP contribution in [-0.4, -0.2) is 4.57 Å². The highest BCUT2D eigenvalue weighted by Gasteiger charge is 2.01. The van der Waals surface area contributed by atoms with Crippen LogP contribution in [0.2, 0.25) is 0 Å². The number of aryl methyl sites for hydroxylation is 1. The first-order chi connectivity index (χ1) is 15.2. The molecule has 2 aromatic carbocycles. The number of furan rings is 1. The fourth-order valence-electron chi connectivity index (χ4n) is 3.69. The highest BCUT2D eigenvalue weighted by atomic mass is 16.3. The minimum Gasteiger partial charge on any atom is -0.456 e. The van der Waals surface area contributed by atoms with E-state index in [2.05, 4.69) is 74.0 Å². The van der Waals surface area contributed by atoms with Gasteiger partial charge in [0.15, 0.2) is 0 Å². The second kappa shape index (κ2) is 13.3. The number of hydrogen-bond donors (Lipinski definition) is 0. The first-order valence-electron chi connectivity index (χ1n) is 11.4. The number of rotatable bonds is 0. The maximum Gasteiger partial charge on any atom is 0.135 e. The molecule has 166 valence electrons. The summed E-state index contributed by atoms with van der Waals surface area (Å²) >= 11 is 0. The monoisotopic (exact) mass is 417 g/mol. The van der Waals surface area contributed by atoms with Gasteiger partial charge in [-0.05, 0) is 45.9 Å². The molecular weight excluding hydrogens is 378 g/mol. The number of aromatic nitrogens is 1. The molecular formula is C29H39NO. The van der Waals surface area contributed by atoms with E-state index in [0.29, 0.717) is 0 Å². The third-order valence-corrected chi connectivity index (χ3v) is 4.97. The van der Waals surface area contributed by atoms with Gasteiger partial charge in [0, 0.05) is 39.1 Å². The van der Waals surface area contributed by atoms with Crippen LogP contribution in [0.4, 0.5) is 0 Å². The van der Waals surface area contributed by atoms with Crippen molar-refractivity contribution in [2.75, 3.05) is 0 Å². The van der Waals surface area contributed by atoms with Crippen LogP contribution in [0.3, 0.4) is 0 Å². The largest absolute Gasteiger partial charge is 0.456 e. The second-order valence-electron chi connectivity index (χ2n) is 6.41. The molecule has 2 heteroatoms. The maximum atomic E-state index is 5.65. The van der Waals surface area contributed by atoms with Gasteiger partial charge in [0.1, 0.15) is 11.0 Å². The van der Waals surface area contributed by atoms with Crippen LogP contribution in [0.15, 0.2) is 52.9 Å². The molecule has 0 radical (unpaired) electrons. The molecule has 4 aromatic rings. The van der Waals surface area contributed by atoms with Crippen LogP contribution in [-0.2, 0) is 7.05 Å². The van der Waals surface area contributed by atoms with Crippen molar-refractivity contribution >= 4 is 46.2 Å². The van der Waals surface area contributed by atoms with Gasteiger partial charge in [-0.25, -0.2) is 0 Å². The molecule has 0 unspecified atom stereocenters. The molecule has 0 amide bonds. The first kappa shape index (κ1) is 26.0. The molecule has 2 nitrogen and oxygen atoms in total. The van der Waals surface area contributed by atoms with Crippen molar-refractivity contribution in [1.82, 2.24) is 4.57 Å². The van der Waals surface area contributed by atoms with Gasteiger partial charge in [0.05, 0.1) is 0 Å². The standard InChI is InChI=1S/C13H15N.C12H12O.2C2H6/c1-4-10-11-8-6-7-9-13(11)14(3)12(10)5-2;1-3-9-10-7-5-6-8-12(10)13-11(9)4-2;2*1-2/h4-9H,1-3H3;3-8H,1-2H3;2*1-2H3/b10-4-,12-5+;9-3-,11-4+;;. The van der Waals surface area contributed by atoms with Crippen LogP contribution in [0.25, 0.3) is 46.2 Å². The van der Waals surface area contributed by atoms with Crippen molar-refractivity contribution in [1.29, 1.82) is 0 Å². The van der Waals surface area contributed by atoms with Crippen LogP contribution in [0, 0.1) is 0 Å². The molecule has 4 rings (SSSR count). The Morgan fingerprint density at radius 3 is 1.74 bits per heavy atom. The van der Waals surface area contributed by atoms with Crippen molar-refractivity contribution in [2.45, 2.75) is 55.4 Å². The van der Waals surface area contributed by atoms with Crippen molar-refractivity contribution in [3.63, 3.8) is 0 Å². The van der Waals surface area contributed by atoms with Crippen molar-refractivity contribution in [2.24, 2.45) is 7.05 Å². The highest BCUT2D eigenvalue weighted by molar-refractivity contribution is 5.82. The van der Waals surface area contributed by atoms with Gasteiger partial charge in [0.2, 0.25) is 0 Å². The molecule has 0 aliphatic carbocycles. The summed E-state index contributed by atoms with van der Waals surface area (Å²) in [6.07, 6.45) is 8.42. The smallest absolute Gasteiger partial charge is 0.135 e. The molecule has 0 saturated carbocycles. The lowest BCUT2D eigenvalue weighted by Crippen LogP contribution is -2.26. The molecule has 0 bridgehead atoms. The molecule has 0 N–H and O–H groups in total. The minimum absolute atomic E-state index is 0.962. The van der Waals surface area contributed by atoms with Crippen LogP contribution in [0.5, 0.6) is 0 Å². The highest BCUT2D eigenvalue weighted by Crippen LogP contribution is 2.07. The predicted octanol–water partition coefficient (Wildman–Crippen LogP) is 5.87. The zero-order chi connectivity index (χ0) is 23.4. The van der Waals surface area contributed by atoms with E-state index in [-0.39, 0.29) is 0 Å². The van der Waals surface area contributed by atoms with Gasteiger partial charge in [-0.2, -0.15) is 0 Å². The van der Waals surface area contributed by atoms with E-state index >= 15 is 0 Å². The molecule has 2 heterocycles. The first-order valence-corrected chi connectivity index (χ1v) is 11.4. The quantitative estimate of drug-likeness (QED) is 0.350. The Labute approximate surface area is 187 Å². The number of para-hydroxylation sites is 2. The molecule has 0 aliphatic heterocycles. The lowest BCUT2D eigenvalue weighted by Gasteiger charge is -1.94. The zero-order valence-electron chi connectivity index (χ0n) is 20.8. The zero-order valence-corrected chi connectivity index (χ0v) is 20.8. The number of hydrogen-bond acceptors (Lipinski definition) is 1. The normalized spacial score (nSPS) is 12.8. The summed E-state index contributed by atoms with van der Waals surface area (Å²) in [6, 6.07) is 16.6. The van der Waals surface area contributed by atoms with Crippen molar-refractivity contribution in [3.05, 3.63) is 69.7 Å². The van der Waals surface area contributed by atoms with Gasteiger partial charge >= 0.3 is 0 Å². The summed E-state index contributed by atoms with van der Waals surface area (Å²) < 4.78 is 7.89. The third-order valence-electron chi connectivity index (χ3n) is 4.97. The van der Waals surface area contributed by atoms with Gasteiger partial charge in [0.25, 0.3) is 0 Å². The number of benzene rings is 2.